The van der Waals surface area contributed by atoms with E-state index in [1.807, 2.05) is 20.8 Å². The van der Waals surface area contributed by atoms with E-state index in [1.54, 1.807) is 31.5 Å². The first-order valence-corrected chi connectivity index (χ1v) is 10.1. The molecule has 2 aromatic rings. The summed E-state index contributed by atoms with van der Waals surface area (Å²) < 4.78 is 0. The number of imide groups is 1. The Balaban J connectivity index is 1.79. The summed E-state index contributed by atoms with van der Waals surface area (Å²) in [6, 6.07) is 7.93. The number of benzene rings is 1. The van der Waals surface area contributed by atoms with Crippen LogP contribution in [-0.4, -0.2) is 57.0 Å². The van der Waals surface area contributed by atoms with Crippen LogP contribution < -0.4 is 5.32 Å². The maximum Gasteiger partial charge on any atom is 0.261 e. The van der Waals surface area contributed by atoms with Crippen LogP contribution in [0.5, 0.6) is 0 Å². The molecule has 0 atom stereocenters. The molecule has 1 aliphatic rings. The van der Waals surface area contributed by atoms with Crippen molar-refractivity contribution in [2.24, 2.45) is 0 Å². The smallest absolute Gasteiger partial charge is 0.261 e. The van der Waals surface area contributed by atoms with Gasteiger partial charge in [0.25, 0.3) is 17.7 Å². The van der Waals surface area contributed by atoms with Gasteiger partial charge in [0.15, 0.2) is 0 Å². The lowest BCUT2D eigenvalue weighted by molar-refractivity contribution is -0.123. The molecule has 0 spiro atoms. The van der Waals surface area contributed by atoms with Crippen molar-refractivity contribution in [1.82, 2.24) is 20.1 Å². The fourth-order valence-corrected chi connectivity index (χ4v) is 3.38. The Bertz CT molecular complexity index is 1030. The molecule has 0 aliphatic carbocycles. The molecule has 0 unspecified atom stereocenters. The lowest BCUT2D eigenvalue weighted by atomic mass is 10.0. The molecule has 8 nitrogen and oxygen atoms in total. The SMILES string of the molecule is CCN(CC(=O)NC(C)(C)C)C(=O)c1ccc2c(c1)C(=O)N(Cc1ccncc1)C2=O. The van der Waals surface area contributed by atoms with Crippen LogP contribution in [0.1, 0.15) is 64.3 Å². The van der Waals surface area contributed by atoms with Gasteiger partial charge in [0.2, 0.25) is 5.91 Å². The number of hydrogen-bond acceptors (Lipinski definition) is 5. The Kier molecular flexibility index (Phi) is 6.19. The van der Waals surface area contributed by atoms with Crippen molar-refractivity contribution >= 4 is 23.6 Å². The van der Waals surface area contributed by atoms with Crippen molar-refractivity contribution in [2.75, 3.05) is 13.1 Å². The summed E-state index contributed by atoms with van der Waals surface area (Å²) in [5.74, 6) is -1.48. The van der Waals surface area contributed by atoms with Crippen molar-refractivity contribution in [3.8, 4) is 0 Å². The van der Waals surface area contributed by atoms with Crippen LogP contribution in [0, 0.1) is 0 Å². The zero-order chi connectivity index (χ0) is 22.8. The maximum atomic E-state index is 13.0. The van der Waals surface area contributed by atoms with Crippen LogP contribution in [0.3, 0.4) is 0 Å². The number of fused-ring (bicyclic) bond motifs is 1. The van der Waals surface area contributed by atoms with E-state index < -0.39 is 17.4 Å². The lowest BCUT2D eigenvalue weighted by Crippen LogP contribution is -2.47. The van der Waals surface area contributed by atoms with Gasteiger partial charge in [-0.1, -0.05) is 0 Å². The van der Waals surface area contributed by atoms with E-state index in [2.05, 4.69) is 10.3 Å². The maximum absolute atomic E-state index is 13.0. The number of likely N-dealkylation sites (N-methyl/N-ethyl adjacent to an activating group) is 1. The standard InChI is InChI=1S/C23H26N4O4/c1-5-26(14-19(28)25-23(2,3)4)20(29)16-6-7-17-18(12-16)22(31)27(21(17)30)13-15-8-10-24-11-9-15/h6-12H,5,13-14H2,1-4H3,(H,25,28). The second kappa shape index (κ2) is 8.67. The van der Waals surface area contributed by atoms with Gasteiger partial charge >= 0.3 is 0 Å². The van der Waals surface area contributed by atoms with E-state index in [9.17, 15) is 19.2 Å². The van der Waals surface area contributed by atoms with Crippen LogP contribution in [0.15, 0.2) is 42.7 Å². The van der Waals surface area contributed by atoms with Gasteiger partial charge in [0.1, 0.15) is 0 Å². The summed E-state index contributed by atoms with van der Waals surface area (Å²) in [7, 11) is 0. The summed E-state index contributed by atoms with van der Waals surface area (Å²) in [6.45, 7) is 7.74. The quantitative estimate of drug-likeness (QED) is 0.720. The van der Waals surface area contributed by atoms with E-state index in [-0.39, 0.29) is 41.6 Å². The molecule has 1 aromatic heterocycles. The molecule has 2 heterocycles. The minimum Gasteiger partial charge on any atom is -0.350 e. The first-order valence-electron chi connectivity index (χ1n) is 10.1. The Morgan fingerprint density at radius 3 is 2.29 bits per heavy atom. The van der Waals surface area contributed by atoms with Gasteiger partial charge in [-0.05, 0) is 63.6 Å². The second-order valence-corrected chi connectivity index (χ2v) is 8.43. The fourth-order valence-electron chi connectivity index (χ4n) is 3.38. The molecule has 162 valence electrons. The van der Waals surface area contributed by atoms with Crippen molar-refractivity contribution in [2.45, 2.75) is 39.8 Å². The van der Waals surface area contributed by atoms with Crippen molar-refractivity contribution < 1.29 is 19.2 Å². The van der Waals surface area contributed by atoms with Crippen LogP contribution in [0.2, 0.25) is 0 Å². The fraction of sp³-hybridized carbons (Fsp3) is 0.348. The van der Waals surface area contributed by atoms with E-state index >= 15 is 0 Å². The zero-order valence-electron chi connectivity index (χ0n) is 18.1. The molecule has 1 aromatic carbocycles. The van der Waals surface area contributed by atoms with E-state index in [4.69, 9.17) is 0 Å². The molecule has 1 aliphatic heterocycles. The Hall–Kier alpha value is -3.55. The Morgan fingerprint density at radius 1 is 1.03 bits per heavy atom. The lowest BCUT2D eigenvalue weighted by Gasteiger charge is -2.25. The molecule has 4 amide bonds. The third-order valence-electron chi connectivity index (χ3n) is 4.83. The predicted octanol–water partition coefficient (Wildman–Crippen LogP) is 2.25. The highest BCUT2D eigenvalue weighted by Gasteiger charge is 2.36. The average Bonchev–Trinajstić information content (AvgIpc) is 2.95. The number of rotatable bonds is 6. The molecule has 0 fully saturated rings. The topological polar surface area (TPSA) is 99.7 Å². The average molecular weight is 422 g/mol. The first-order chi connectivity index (χ1) is 14.6. The summed E-state index contributed by atoms with van der Waals surface area (Å²) in [6.07, 6.45) is 3.19. The van der Waals surface area contributed by atoms with Crippen molar-refractivity contribution in [3.63, 3.8) is 0 Å². The van der Waals surface area contributed by atoms with Gasteiger partial charge < -0.3 is 10.2 Å². The van der Waals surface area contributed by atoms with Crippen LogP contribution >= 0.6 is 0 Å². The molecule has 0 bridgehead atoms. The third kappa shape index (κ3) is 4.96. The number of amides is 4. The molecular weight excluding hydrogens is 396 g/mol. The zero-order valence-corrected chi connectivity index (χ0v) is 18.1. The Morgan fingerprint density at radius 2 is 1.68 bits per heavy atom. The molecule has 31 heavy (non-hydrogen) atoms. The summed E-state index contributed by atoms with van der Waals surface area (Å²) in [4.78, 5) is 57.3. The number of carbonyl (C=O) groups is 4. The minimum atomic E-state index is -0.444. The molecule has 0 radical (unpaired) electrons. The number of nitrogens with zero attached hydrogens (tertiary/aromatic N) is 3. The first kappa shape index (κ1) is 22.1. The highest BCUT2D eigenvalue weighted by Crippen LogP contribution is 2.26. The highest BCUT2D eigenvalue weighted by atomic mass is 16.2. The molecule has 0 saturated carbocycles. The predicted molar refractivity (Wildman–Crippen MR) is 114 cm³/mol. The van der Waals surface area contributed by atoms with E-state index in [0.29, 0.717) is 6.54 Å². The monoisotopic (exact) mass is 422 g/mol. The van der Waals surface area contributed by atoms with Gasteiger partial charge in [0, 0.05) is 30.0 Å². The molecule has 3 rings (SSSR count). The van der Waals surface area contributed by atoms with Gasteiger partial charge in [-0.2, -0.15) is 0 Å². The minimum absolute atomic E-state index is 0.0925. The summed E-state index contributed by atoms with van der Waals surface area (Å²) in [5, 5.41) is 2.83. The van der Waals surface area contributed by atoms with Gasteiger partial charge in [0.05, 0.1) is 24.2 Å². The largest absolute Gasteiger partial charge is 0.350 e. The van der Waals surface area contributed by atoms with E-state index in [1.165, 1.54) is 23.1 Å². The third-order valence-corrected chi connectivity index (χ3v) is 4.83. The van der Waals surface area contributed by atoms with Crippen molar-refractivity contribution in [1.29, 1.82) is 0 Å². The summed E-state index contributed by atoms with van der Waals surface area (Å²) in [5.41, 5.74) is 1.10. The number of pyridine rings is 1. The van der Waals surface area contributed by atoms with Crippen LogP contribution in [0.4, 0.5) is 0 Å². The van der Waals surface area contributed by atoms with Gasteiger partial charge in [-0.3, -0.25) is 29.1 Å². The molecule has 1 N–H and O–H groups in total. The second-order valence-electron chi connectivity index (χ2n) is 8.43. The van der Waals surface area contributed by atoms with Crippen LogP contribution in [-0.2, 0) is 11.3 Å². The number of carbonyl (C=O) groups excluding carboxylic acids is 4. The number of nitrogens with one attached hydrogen (secondary N) is 1. The number of aromatic nitrogens is 1. The highest BCUT2D eigenvalue weighted by molar-refractivity contribution is 6.22. The normalized spacial score (nSPS) is 13.2. The van der Waals surface area contributed by atoms with Gasteiger partial charge in [-0.15, -0.1) is 0 Å². The molecule has 8 heteroatoms. The van der Waals surface area contributed by atoms with Gasteiger partial charge in [-0.25, -0.2) is 0 Å². The number of hydrogen-bond donors (Lipinski definition) is 1. The molecule has 0 saturated heterocycles. The summed E-state index contributed by atoms with van der Waals surface area (Å²) >= 11 is 0. The molecular formula is C23H26N4O4. The van der Waals surface area contributed by atoms with E-state index in [0.717, 1.165) is 10.5 Å². The van der Waals surface area contributed by atoms with Crippen molar-refractivity contribution in [3.05, 3.63) is 65.0 Å². The van der Waals surface area contributed by atoms with Crippen LogP contribution in [0.25, 0.3) is 0 Å². The Labute approximate surface area is 181 Å².